The van der Waals surface area contributed by atoms with Crippen LogP contribution in [0.4, 0.5) is 11.6 Å². The fourth-order valence-electron chi connectivity index (χ4n) is 3.11. The van der Waals surface area contributed by atoms with Crippen molar-refractivity contribution in [3.05, 3.63) is 60.6 Å². The number of fused-ring (bicyclic) bond motifs is 1. The molecule has 0 bridgehead atoms. The molecule has 1 amide bonds. The van der Waals surface area contributed by atoms with Crippen LogP contribution >= 0.6 is 0 Å². The fourth-order valence-corrected chi connectivity index (χ4v) is 3.11. The first kappa shape index (κ1) is 20.1. The maximum Gasteiger partial charge on any atom is 0.272 e. The van der Waals surface area contributed by atoms with Crippen molar-refractivity contribution in [2.24, 2.45) is 0 Å². The van der Waals surface area contributed by atoms with Gasteiger partial charge in [-0.1, -0.05) is 6.07 Å². The van der Waals surface area contributed by atoms with Crippen LogP contribution in [0.3, 0.4) is 0 Å². The van der Waals surface area contributed by atoms with E-state index in [9.17, 15) is 4.79 Å². The largest absolute Gasteiger partial charge is 0.491 e. The summed E-state index contributed by atoms with van der Waals surface area (Å²) in [4.78, 5) is 22.3. The first-order valence-corrected chi connectivity index (χ1v) is 9.52. The number of pyridine rings is 3. The Hall–Kier alpha value is -4.14. The van der Waals surface area contributed by atoms with Gasteiger partial charge in [0, 0.05) is 38.1 Å². The molecule has 0 spiro atoms. The lowest BCUT2D eigenvalue weighted by Crippen LogP contribution is -2.22. The van der Waals surface area contributed by atoms with Crippen molar-refractivity contribution in [2.75, 3.05) is 33.6 Å². The van der Waals surface area contributed by atoms with Crippen LogP contribution in [0.1, 0.15) is 10.5 Å². The van der Waals surface area contributed by atoms with Crippen molar-refractivity contribution >= 4 is 23.1 Å². The molecule has 9 heteroatoms. The van der Waals surface area contributed by atoms with Gasteiger partial charge in [0.2, 0.25) is 0 Å². The molecule has 0 unspecified atom stereocenters. The van der Waals surface area contributed by atoms with Gasteiger partial charge in [-0.2, -0.15) is 5.10 Å². The molecule has 0 aliphatic heterocycles. The van der Waals surface area contributed by atoms with Gasteiger partial charge in [-0.15, -0.1) is 0 Å². The summed E-state index contributed by atoms with van der Waals surface area (Å²) in [6.45, 7) is 0. The molecule has 4 aromatic rings. The van der Waals surface area contributed by atoms with E-state index in [1.165, 1.54) is 4.90 Å². The molecule has 4 heterocycles. The van der Waals surface area contributed by atoms with E-state index in [0.717, 1.165) is 16.6 Å². The molecule has 1 N–H and O–H groups in total. The summed E-state index contributed by atoms with van der Waals surface area (Å²) in [5, 5.41) is 7.68. The van der Waals surface area contributed by atoms with E-state index in [-0.39, 0.29) is 5.91 Å². The van der Waals surface area contributed by atoms with Gasteiger partial charge in [-0.3, -0.25) is 4.79 Å². The number of hydrogen-bond acceptors (Lipinski definition) is 7. The number of methoxy groups -OCH3 is 2. The lowest BCUT2D eigenvalue weighted by atomic mass is 10.1. The number of amides is 1. The number of anilines is 2. The van der Waals surface area contributed by atoms with E-state index in [1.807, 2.05) is 30.5 Å². The number of ether oxygens (including phenoxy) is 2. The quantitative estimate of drug-likeness (QED) is 0.514. The van der Waals surface area contributed by atoms with Gasteiger partial charge < -0.3 is 19.7 Å². The molecule has 0 radical (unpaired) electrons. The Labute approximate surface area is 179 Å². The molecule has 0 saturated carbocycles. The highest BCUT2D eigenvalue weighted by Gasteiger charge is 2.12. The van der Waals surface area contributed by atoms with Gasteiger partial charge in [0.05, 0.1) is 19.7 Å². The Morgan fingerprint density at radius 3 is 2.61 bits per heavy atom. The Morgan fingerprint density at radius 2 is 1.87 bits per heavy atom. The van der Waals surface area contributed by atoms with Crippen molar-refractivity contribution in [1.82, 2.24) is 24.5 Å². The Morgan fingerprint density at radius 1 is 1.03 bits per heavy atom. The zero-order chi connectivity index (χ0) is 22.0. The molecular formula is C22H22N6O3. The minimum atomic E-state index is -0.160. The molecule has 0 atom stereocenters. The first-order valence-electron chi connectivity index (χ1n) is 9.52. The molecule has 0 aromatic carbocycles. The Kier molecular flexibility index (Phi) is 5.40. The number of hydrogen-bond donors (Lipinski definition) is 1. The lowest BCUT2D eigenvalue weighted by Gasteiger charge is -2.10. The third-order valence-corrected chi connectivity index (χ3v) is 4.66. The van der Waals surface area contributed by atoms with E-state index in [0.29, 0.717) is 29.0 Å². The van der Waals surface area contributed by atoms with Crippen LogP contribution in [0.15, 0.2) is 54.9 Å². The Bertz CT molecular complexity index is 1250. The number of carbonyl (C=O) groups excluding carboxylic acids is 1. The van der Waals surface area contributed by atoms with Crippen molar-refractivity contribution in [3.8, 4) is 22.8 Å². The highest BCUT2D eigenvalue weighted by molar-refractivity contribution is 5.92. The van der Waals surface area contributed by atoms with Crippen molar-refractivity contribution in [1.29, 1.82) is 0 Å². The van der Waals surface area contributed by atoms with Crippen LogP contribution in [-0.4, -0.2) is 58.7 Å². The standard InChI is InChI=1S/C22H22N6O3/c1-27(2)22(29)17-6-5-7-19(24-17)25-20-12-16-10-14(8-9-28(16)26-20)15-11-18(30-3)21(31-4)23-13-15/h5-13H,1-4H3,(H,24,25,26). The van der Waals surface area contributed by atoms with Gasteiger partial charge in [-0.05, 0) is 35.9 Å². The van der Waals surface area contributed by atoms with Crippen molar-refractivity contribution in [2.45, 2.75) is 0 Å². The van der Waals surface area contributed by atoms with Crippen molar-refractivity contribution < 1.29 is 14.3 Å². The number of rotatable bonds is 6. The minimum Gasteiger partial charge on any atom is -0.491 e. The number of nitrogens with one attached hydrogen (secondary N) is 1. The molecule has 0 fully saturated rings. The molecule has 4 aromatic heterocycles. The van der Waals surface area contributed by atoms with Gasteiger partial charge in [0.1, 0.15) is 11.5 Å². The predicted molar refractivity (Wildman–Crippen MR) is 117 cm³/mol. The minimum absolute atomic E-state index is 0.160. The summed E-state index contributed by atoms with van der Waals surface area (Å²) < 4.78 is 12.3. The van der Waals surface area contributed by atoms with Crippen LogP contribution in [0, 0.1) is 0 Å². The number of aromatic nitrogens is 4. The second-order valence-electron chi connectivity index (χ2n) is 6.98. The SMILES string of the molecule is COc1cc(-c2ccn3nc(Nc4cccc(C(=O)N(C)C)n4)cc3c2)cnc1OC. The van der Waals surface area contributed by atoms with Crippen LogP contribution in [0.2, 0.25) is 0 Å². The molecule has 0 aliphatic rings. The van der Waals surface area contributed by atoms with Gasteiger partial charge in [0.25, 0.3) is 11.8 Å². The summed E-state index contributed by atoms with van der Waals surface area (Å²) in [6.07, 6.45) is 3.60. The zero-order valence-corrected chi connectivity index (χ0v) is 17.7. The maximum atomic E-state index is 12.1. The molecule has 158 valence electrons. The number of nitrogens with zero attached hydrogens (tertiary/aromatic N) is 5. The first-order chi connectivity index (χ1) is 15.0. The second kappa shape index (κ2) is 8.31. The van der Waals surface area contributed by atoms with Crippen LogP contribution in [-0.2, 0) is 0 Å². The summed E-state index contributed by atoms with van der Waals surface area (Å²) in [5.41, 5.74) is 3.11. The average molecular weight is 418 g/mol. The van der Waals surface area contributed by atoms with Crippen LogP contribution in [0.5, 0.6) is 11.6 Å². The van der Waals surface area contributed by atoms with E-state index in [4.69, 9.17) is 9.47 Å². The molecular weight excluding hydrogens is 396 g/mol. The molecule has 0 aliphatic carbocycles. The average Bonchev–Trinajstić information content (AvgIpc) is 3.19. The smallest absolute Gasteiger partial charge is 0.272 e. The third kappa shape index (κ3) is 4.11. The lowest BCUT2D eigenvalue weighted by molar-refractivity contribution is 0.0822. The second-order valence-corrected chi connectivity index (χ2v) is 6.98. The van der Waals surface area contributed by atoms with Crippen molar-refractivity contribution in [3.63, 3.8) is 0 Å². The summed E-state index contributed by atoms with van der Waals surface area (Å²) in [5.74, 6) is 2.00. The molecule has 0 saturated heterocycles. The monoisotopic (exact) mass is 418 g/mol. The number of carbonyl (C=O) groups is 1. The highest BCUT2D eigenvalue weighted by Crippen LogP contribution is 2.30. The van der Waals surface area contributed by atoms with E-state index in [2.05, 4.69) is 20.4 Å². The molecule has 31 heavy (non-hydrogen) atoms. The van der Waals surface area contributed by atoms with E-state index >= 15 is 0 Å². The maximum absolute atomic E-state index is 12.1. The van der Waals surface area contributed by atoms with Gasteiger partial charge in [0.15, 0.2) is 11.6 Å². The zero-order valence-electron chi connectivity index (χ0n) is 17.7. The van der Waals surface area contributed by atoms with Gasteiger partial charge in [-0.25, -0.2) is 14.5 Å². The van der Waals surface area contributed by atoms with E-state index in [1.54, 1.807) is 57.2 Å². The Balaban J connectivity index is 1.61. The predicted octanol–water partition coefficient (Wildman–Crippen LogP) is 3.25. The molecule has 4 rings (SSSR count). The molecule has 9 nitrogen and oxygen atoms in total. The normalized spacial score (nSPS) is 10.7. The summed E-state index contributed by atoms with van der Waals surface area (Å²) in [7, 11) is 6.52. The summed E-state index contributed by atoms with van der Waals surface area (Å²) >= 11 is 0. The van der Waals surface area contributed by atoms with Gasteiger partial charge >= 0.3 is 0 Å². The fraction of sp³-hybridized carbons (Fsp3) is 0.182. The third-order valence-electron chi connectivity index (χ3n) is 4.66. The van der Waals surface area contributed by atoms with Crippen LogP contribution < -0.4 is 14.8 Å². The van der Waals surface area contributed by atoms with E-state index < -0.39 is 0 Å². The highest BCUT2D eigenvalue weighted by atomic mass is 16.5. The van der Waals surface area contributed by atoms with Crippen LogP contribution in [0.25, 0.3) is 16.6 Å². The topological polar surface area (TPSA) is 93.9 Å². The summed E-state index contributed by atoms with van der Waals surface area (Å²) in [6, 6.07) is 13.0.